The lowest BCUT2D eigenvalue weighted by Crippen LogP contribution is -2.28. The first-order valence-corrected chi connectivity index (χ1v) is 18.0. The lowest BCUT2D eigenvalue weighted by Gasteiger charge is -2.21. The molecule has 0 spiro atoms. The van der Waals surface area contributed by atoms with E-state index in [4.69, 9.17) is 11.6 Å². The molecule has 48 heavy (non-hydrogen) atoms. The first kappa shape index (κ1) is 39.0. The molecule has 0 bridgehead atoms. The van der Waals surface area contributed by atoms with Gasteiger partial charge in [-0.2, -0.15) is 0 Å². The van der Waals surface area contributed by atoms with E-state index in [0.29, 0.717) is 23.9 Å². The fourth-order valence-corrected chi connectivity index (χ4v) is 5.98. The van der Waals surface area contributed by atoms with Crippen molar-refractivity contribution >= 4 is 11.6 Å². The summed E-state index contributed by atoms with van der Waals surface area (Å²) < 4.78 is 0. The molecule has 0 aliphatic heterocycles. The number of allylic oxidation sites excluding steroid dienone is 2. The van der Waals surface area contributed by atoms with Gasteiger partial charge in [0.2, 0.25) is 0 Å². The predicted molar refractivity (Wildman–Crippen MR) is 211 cm³/mol. The van der Waals surface area contributed by atoms with E-state index in [0.717, 1.165) is 31.0 Å². The minimum atomic E-state index is 0.363. The molecule has 4 rings (SSSR count). The van der Waals surface area contributed by atoms with Gasteiger partial charge in [0.1, 0.15) is 0 Å². The van der Waals surface area contributed by atoms with Crippen LogP contribution < -0.4 is 10.6 Å². The standard InChI is InChI=1S/C23H31N.C22H28ClN/c1-17(2)14-23(24-16-21-10-6-18(3)7-11-21)15-20(5)22-12-8-19(4)9-13-22;1-16(2)13-22(24-15-19-7-11-21(23)12-8-19)14-18(4)20-9-5-17(3)6-10-20/h6-14,20,23-24H,15-16H2,1-5H3;5-13,18,22,24H,14-15H2,1-4H3/t20-,23?;18-,22?/m00/s1. The Labute approximate surface area is 297 Å². The number of benzene rings is 4. The lowest BCUT2D eigenvalue weighted by molar-refractivity contribution is 0.512. The fraction of sp³-hybridized carbons (Fsp3) is 0.378. The summed E-state index contributed by atoms with van der Waals surface area (Å²) in [5.41, 5.74) is 12.1. The van der Waals surface area contributed by atoms with Gasteiger partial charge in [0, 0.05) is 30.2 Å². The second-order valence-corrected chi connectivity index (χ2v) is 14.6. The molecular weight excluding hydrogens is 604 g/mol. The summed E-state index contributed by atoms with van der Waals surface area (Å²) in [4.78, 5) is 0. The summed E-state index contributed by atoms with van der Waals surface area (Å²) in [5.74, 6) is 1.06. The van der Waals surface area contributed by atoms with Gasteiger partial charge >= 0.3 is 0 Å². The van der Waals surface area contributed by atoms with Crippen LogP contribution in [0.1, 0.15) is 105 Å². The first-order chi connectivity index (χ1) is 22.9. The fourth-order valence-electron chi connectivity index (χ4n) is 5.86. The Morgan fingerprint density at radius 1 is 0.521 bits per heavy atom. The number of nitrogens with one attached hydrogen (secondary N) is 2. The largest absolute Gasteiger partial charge is 0.306 e. The van der Waals surface area contributed by atoms with Gasteiger partial charge in [-0.1, -0.05) is 150 Å². The topological polar surface area (TPSA) is 24.1 Å². The van der Waals surface area contributed by atoms with Gasteiger partial charge in [-0.3, -0.25) is 0 Å². The van der Waals surface area contributed by atoms with E-state index in [1.165, 1.54) is 50.1 Å². The zero-order chi connectivity index (χ0) is 35.1. The smallest absolute Gasteiger partial charge is 0.0406 e. The maximum Gasteiger partial charge on any atom is 0.0406 e. The van der Waals surface area contributed by atoms with Gasteiger partial charge < -0.3 is 10.6 Å². The van der Waals surface area contributed by atoms with Crippen LogP contribution in [-0.4, -0.2) is 12.1 Å². The summed E-state index contributed by atoms with van der Waals surface area (Å²) in [6.45, 7) is 21.5. The van der Waals surface area contributed by atoms with E-state index in [9.17, 15) is 0 Å². The SMILES string of the molecule is CC(C)=CC(C[C@H](C)c1ccc(C)cc1)NCc1ccc(C)cc1.CC(C)=CC(C[C@H](C)c1ccc(C)cc1)NCc1ccc(Cl)cc1. The molecule has 0 saturated heterocycles. The number of hydrogen-bond donors (Lipinski definition) is 2. The Bertz CT molecular complexity index is 1420. The second kappa shape index (κ2) is 20.2. The van der Waals surface area contributed by atoms with Gasteiger partial charge in [-0.05, 0) is 108 Å². The molecule has 0 radical (unpaired) electrons. The minimum absolute atomic E-state index is 0.363. The third kappa shape index (κ3) is 14.8. The van der Waals surface area contributed by atoms with Gasteiger partial charge in [0.25, 0.3) is 0 Å². The number of aryl methyl sites for hydroxylation is 3. The quantitative estimate of drug-likeness (QED) is 0.131. The highest BCUT2D eigenvalue weighted by Gasteiger charge is 2.14. The average Bonchev–Trinajstić information content (AvgIpc) is 3.04. The molecule has 0 amide bonds. The van der Waals surface area contributed by atoms with Crippen LogP contribution in [0.2, 0.25) is 5.02 Å². The highest BCUT2D eigenvalue weighted by atomic mass is 35.5. The molecule has 4 aromatic rings. The second-order valence-electron chi connectivity index (χ2n) is 14.2. The van der Waals surface area contributed by atoms with Crippen LogP contribution in [0.4, 0.5) is 0 Å². The molecule has 2 N–H and O–H groups in total. The van der Waals surface area contributed by atoms with Crippen LogP contribution in [-0.2, 0) is 13.1 Å². The molecule has 0 heterocycles. The van der Waals surface area contributed by atoms with E-state index in [-0.39, 0.29) is 0 Å². The Balaban J connectivity index is 0.000000260. The van der Waals surface area contributed by atoms with Crippen LogP contribution >= 0.6 is 11.6 Å². The molecule has 0 aliphatic carbocycles. The lowest BCUT2D eigenvalue weighted by atomic mass is 9.92. The molecular formula is C45H59ClN2. The van der Waals surface area contributed by atoms with Crippen LogP contribution in [0.15, 0.2) is 120 Å². The summed E-state index contributed by atoms with van der Waals surface area (Å²) in [7, 11) is 0. The van der Waals surface area contributed by atoms with Gasteiger partial charge in [-0.25, -0.2) is 0 Å². The monoisotopic (exact) mass is 662 g/mol. The Morgan fingerprint density at radius 2 is 0.833 bits per heavy atom. The maximum absolute atomic E-state index is 5.96. The van der Waals surface area contributed by atoms with Crippen molar-refractivity contribution < 1.29 is 0 Å². The molecule has 0 aromatic heterocycles. The van der Waals surface area contributed by atoms with Crippen molar-refractivity contribution in [3.8, 4) is 0 Å². The average molecular weight is 663 g/mol. The summed E-state index contributed by atoms with van der Waals surface area (Å²) in [5, 5.41) is 8.19. The van der Waals surface area contributed by atoms with Gasteiger partial charge in [0.05, 0.1) is 0 Å². The molecule has 4 atom stereocenters. The normalized spacial score (nSPS) is 13.4. The van der Waals surface area contributed by atoms with Crippen LogP contribution in [0.25, 0.3) is 0 Å². The van der Waals surface area contributed by atoms with E-state index in [2.05, 4.69) is 170 Å². The van der Waals surface area contributed by atoms with E-state index in [1.807, 2.05) is 12.1 Å². The van der Waals surface area contributed by atoms with Crippen LogP contribution in [0, 0.1) is 20.8 Å². The number of hydrogen-bond acceptors (Lipinski definition) is 2. The van der Waals surface area contributed by atoms with Crippen molar-refractivity contribution in [1.29, 1.82) is 0 Å². The summed E-state index contributed by atoms with van der Waals surface area (Å²) in [6, 6.07) is 35.4. The molecule has 4 aromatic carbocycles. The van der Waals surface area contributed by atoms with Crippen molar-refractivity contribution in [2.75, 3.05) is 0 Å². The van der Waals surface area contributed by atoms with Crippen molar-refractivity contribution in [3.05, 3.63) is 164 Å². The highest BCUT2D eigenvalue weighted by Crippen LogP contribution is 2.24. The third-order valence-electron chi connectivity index (χ3n) is 8.75. The van der Waals surface area contributed by atoms with E-state index < -0.39 is 0 Å². The first-order valence-electron chi connectivity index (χ1n) is 17.6. The van der Waals surface area contributed by atoms with Crippen molar-refractivity contribution in [2.45, 2.75) is 112 Å². The van der Waals surface area contributed by atoms with Crippen LogP contribution in [0.5, 0.6) is 0 Å². The minimum Gasteiger partial charge on any atom is -0.306 e. The molecule has 2 nitrogen and oxygen atoms in total. The number of halogens is 1. The van der Waals surface area contributed by atoms with Gasteiger partial charge in [0.15, 0.2) is 0 Å². The van der Waals surface area contributed by atoms with Gasteiger partial charge in [-0.15, -0.1) is 0 Å². The summed E-state index contributed by atoms with van der Waals surface area (Å²) >= 11 is 5.96. The van der Waals surface area contributed by atoms with E-state index >= 15 is 0 Å². The number of rotatable bonds is 14. The van der Waals surface area contributed by atoms with Crippen molar-refractivity contribution in [2.24, 2.45) is 0 Å². The zero-order valence-corrected chi connectivity index (χ0v) is 31.7. The Kier molecular flexibility index (Phi) is 16.4. The molecule has 0 fully saturated rings. The molecule has 0 saturated carbocycles. The molecule has 0 aliphatic rings. The molecule has 2 unspecified atom stereocenters. The molecule has 256 valence electrons. The van der Waals surface area contributed by atoms with Crippen molar-refractivity contribution in [3.63, 3.8) is 0 Å². The van der Waals surface area contributed by atoms with Crippen LogP contribution in [0.3, 0.4) is 0 Å². The summed E-state index contributed by atoms with van der Waals surface area (Å²) in [6.07, 6.45) is 6.89. The third-order valence-corrected chi connectivity index (χ3v) is 9.00. The zero-order valence-electron chi connectivity index (χ0n) is 30.9. The Morgan fingerprint density at radius 3 is 1.17 bits per heavy atom. The molecule has 3 heteroatoms. The predicted octanol–water partition coefficient (Wildman–Crippen LogP) is 12.2. The highest BCUT2D eigenvalue weighted by molar-refractivity contribution is 6.30. The van der Waals surface area contributed by atoms with Crippen molar-refractivity contribution in [1.82, 2.24) is 10.6 Å². The van der Waals surface area contributed by atoms with E-state index in [1.54, 1.807) is 0 Å². The maximum atomic E-state index is 5.96. The Hall–Kier alpha value is -3.43.